The molecule has 1 fully saturated rings. The van der Waals surface area contributed by atoms with Crippen molar-refractivity contribution in [3.63, 3.8) is 0 Å². The average Bonchev–Trinajstić information content (AvgIpc) is 3.20. The van der Waals surface area contributed by atoms with Crippen LogP contribution in [0.2, 0.25) is 0 Å². The summed E-state index contributed by atoms with van der Waals surface area (Å²) in [5.74, 6) is 0. The third-order valence-electron chi connectivity index (χ3n) is 5.10. The Morgan fingerprint density at radius 2 is 1.93 bits per heavy atom. The molecule has 6 heteroatoms. The van der Waals surface area contributed by atoms with Crippen LogP contribution in [0.25, 0.3) is 16.9 Å². The fraction of sp³-hybridized carbons (Fsp3) is 0.227. The van der Waals surface area contributed by atoms with Crippen molar-refractivity contribution >= 4 is 5.65 Å². The van der Waals surface area contributed by atoms with E-state index in [2.05, 4.69) is 37.6 Å². The van der Waals surface area contributed by atoms with Gasteiger partial charge in [-0.2, -0.15) is 0 Å². The SMILES string of the molecule is c1cncc(CN2CCO[C@@H](c3cn4c(-c5ccncc5)cccc4n3)C2)c1. The monoisotopic (exact) mass is 371 g/mol. The quantitative estimate of drug-likeness (QED) is 0.551. The number of nitrogens with zero attached hydrogens (tertiary/aromatic N) is 5. The molecule has 6 nitrogen and oxygen atoms in total. The van der Waals surface area contributed by atoms with Crippen LogP contribution in [-0.2, 0) is 11.3 Å². The van der Waals surface area contributed by atoms with Gasteiger partial charge in [-0.1, -0.05) is 12.1 Å². The lowest BCUT2D eigenvalue weighted by molar-refractivity contribution is -0.0347. The van der Waals surface area contributed by atoms with Gasteiger partial charge in [0.05, 0.1) is 18.0 Å². The van der Waals surface area contributed by atoms with E-state index in [4.69, 9.17) is 9.72 Å². The van der Waals surface area contributed by atoms with Crippen LogP contribution in [0.3, 0.4) is 0 Å². The molecule has 0 radical (unpaired) electrons. The molecule has 140 valence electrons. The van der Waals surface area contributed by atoms with E-state index in [0.717, 1.165) is 42.2 Å². The lowest BCUT2D eigenvalue weighted by Gasteiger charge is -2.32. The van der Waals surface area contributed by atoms with Crippen molar-refractivity contribution < 1.29 is 4.74 Å². The van der Waals surface area contributed by atoms with Gasteiger partial charge < -0.3 is 4.74 Å². The number of hydrogen-bond donors (Lipinski definition) is 0. The number of imidazole rings is 1. The van der Waals surface area contributed by atoms with Crippen LogP contribution in [0.1, 0.15) is 17.4 Å². The van der Waals surface area contributed by atoms with E-state index in [-0.39, 0.29) is 6.10 Å². The molecule has 0 unspecified atom stereocenters. The van der Waals surface area contributed by atoms with Crippen molar-refractivity contribution in [2.24, 2.45) is 0 Å². The molecule has 0 bridgehead atoms. The van der Waals surface area contributed by atoms with Crippen LogP contribution in [-0.4, -0.2) is 43.9 Å². The minimum atomic E-state index is -0.0318. The average molecular weight is 371 g/mol. The first-order valence-corrected chi connectivity index (χ1v) is 9.48. The molecular weight excluding hydrogens is 350 g/mol. The third-order valence-corrected chi connectivity index (χ3v) is 5.10. The highest BCUT2D eigenvalue weighted by molar-refractivity contribution is 5.63. The fourth-order valence-corrected chi connectivity index (χ4v) is 3.72. The summed E-state index contributed by atoms with van der Waals surface area (Å²) in [7, 11) is 0. The van der Waals surface area contributed by atoms with Crippen LogP contribution < -0.4 is 0 Å². The van der Waals surface area contributed by atoms with Gasteiger partial charge in [0, 0.05) is 56.2 Å². The standard InChI is InChI=1S/C22H21N5O/c1-4-20(18-6-9-23-10-7-18)27-15-19(25-22(27)5-1)21-16-26(11-12-28-21)14-17-3-2-8-24-13-17/h1-10,13,15,21H,11-12,14,16H2/t21-/m1/s1. The zero-order valence-electron chi connectivity index (χ0n) is 15.5. The number of aromatic nitrogens is 4. The summed E-state index contributed by atoms with van der Waals surface area (Å²) in [6.07, 6.45) is 9.43. The van der Waals surface area contributed by atoms with E-state index in [1.165, 1.54) is 5.56 Å². The van der Waals surface area contributed by atoms with Gasteiger partial charge in [-0.3, -0.25) is 19.3 Å². The van der Waals surface area contributed by atoms with Gasteiger partial charge in [0.2, 0.25) is 0 Å². The number of morpholine rings is 1. The van der Waals surface area contributed by atoms with E-state index >= 15 is 0 Å². The lowest BCUT2D eigenvalue weighted by Crippen LogP contribution is -2.37. The Labute approximate surface area is 163 Å². The van der Waals surface area contributed by atoms with Crippen molar-refractivity contribution in [1.29, 1.82) is 0 Å². The zero-order chi connectivity index (χ0) is 18.8. The smallest absolute Gasteiger partial charge is 0.137 e. The Morgan fingerprint density at radius 3 is 2.79 bits per heavy atom. The molecule has 0 aromatic carbocycles. The predicted molar refractivity (Wildman–Crippen MR) is 107 cm³/mol. The molecule has 28 heavy (non-hydrogen) atoms. The summed E-state index contributed by atoms with van der Waals surface area (Å²) >= 11 is 0. The first kappa shape index (κ1) is 17.0. The van der Waals surface area contributed by atoms with E-state index in [0.29, 0.717) is 6.61 Å². The molecule has 0 spiro atoms. The summed E-state index contributed by atoms with van der Waals surface area (Å²) in [4.78, 5) is 15.6. The number of rotatable bonds is 4. The highest BCUT2D eigenvalue weighted by Gasteiger charge is 2.24. The van der Waals surface area contributed by atoms with Gasteiger partial charge in [0.1, 0.15) is 11.8 Å². The van der Waals surface area contributed by atoms with Crippen molar-refractivity contribution in [1.82, 2.24) is 24.3 Å². The van der Waals surface area contributed by atoms with Gasteiger partial charge in [0.15, 0.2) is 0 Å². The molecule has 0 aliphatic carbocycles. The third kappa shape index (κ3) is 3.40. The van der Waals surface area contributed by atoms with Crippen LogP contribution >= 0.6 is 0 Å². The van der Waals surface area contributed by atoms with Gasteiger partial charge in [-0.15, -0.1) is 0 Å². The maximum atomic E-state index is 6.06. The fourth-order valence-electron chi connectivity index (χ4n) is 3.72. The number of pyridine rings is 3. The summed E-state index contributed by atoms with van der Waals surface area (Å²) < 4.78 is 8.20. The van der Waals surface area contributed by atoms with Gasteiger partial charge >= 0.3 is 0 Å². The molecule has 1 atom stereocenters. The Balaban J connectivity index is 1.41. The van der Waals surface area contributed by atoms with E-state index in [9.17, 15) is 0 Å². The Kier molecular flexibility index (Phi) is 4.56. The lowest BCUT2D eigenvalue weighted by atomic mass is 10.1. The minimum Gasteiger partial charge on any atom is -0.369 e. The van der Waals surface area contributed by atoms with Crippen molar-refractivity contribution in [2.45, 2.75) is 12.6 Å². The normalized spacial score (nSPS) is 17.8. The predicted octanol–water partition coefficient (Wildman–Crippen LogP) is 3.36. The van der Waals surface area contributed by atoms with Crippen molar-refractivity contribution in [3.05, 3.63) is 84.7 Å². The van der Waals surface area contributed by atoms with Crippen LogP contribution in [0, 0.1) is 0 Å². The van der Waals surface area contributed by atoms with Gasteiger partial charge in [-0.05, 0) is 35.9 Å². The first-order chi connectivity index (χ1) is 13.9. The molecule has 1 aliphatic rings. The van der Waals surface area contributed by atoms with E-state index in [1.807, 2.05) is 55.1 Å². The van der Waals surface area contributed by atoms with Crippen molar-refractivity contribution in [2.75, 3.05) is 19.7 Å². The van der Waals surface area contributed by atoms with Gasteiger partial charge in [-0.25, -0.2) is 4.98 Å². The molecule has 0 saturated carbocycles. The van der Waals surface area contributed by atoms with Gasteiger partial charge in [0.25, 0.3) is 0 Å². The van der Waals surface area contributed by atoms with Crippen LogP contribution in [0.15, 0.2) is 73.4 Å². The maximum absolute atomic E-state index is 6.06. The van der Waals surface area contributed by atoms with Crippen LogP contribution in [0.4, 0.5) is 0 Å². The molecular formula is C22H21N5O. The molecule has 5 heterocycles. The van der Waals surface area contributed by atoms with Crippen LogP contribution in [0.5, 0.6) is 0 Å². The topological polar surface area (TPSA) is 55.6 Å². The largest absolute Gasteiger partial charge is 0.369 e. The molecule has 4 aromatic heterocycles. The maximum Gasteiger partial charge on any atom is 0.137 e. The Morgan fingerprint density at radius 1 is 1.00 bits per heavy atom. The Bertz CT molecular complexity index is 1060. The molecule has 1 saturated heterocycles. The minimum absolute atomic E-state index is 0.0318. The highest BCUT2D eigenvalue weighted by atomic mass is 16.5. The number of fused-ring (bicyclic) bond motifs is 1. The van der Waals surface area contributed by atoms with Crippen molar-refractivity contribution in [3.8, 4) is 11.3 Å². The first-order valence-electron chi connectivity index (χ1n) is 9.48. The number of hydrogen-bond acceptors (Lipinski definition) is 5. The number of ether oxygens (including phenoxy) is 1. The Hall–Kier alpha value is -3.09. The zero-order valence-corrected chi connectivity index (χ0v) is 15.5. The van der Waals surface area contributed by atoms with E-state index < -0.39 is 0 Å². The summed E-state index contributed by atoms with van der Waals surface area (Å²) in [5.41, 5.74) is 5.34. The highest BCUT2D eigenvalue weighted by Crippen LogP contribution is 2.26. The summed E-state index contributed by atoms with van der Waals surface area (Å²) in [5, 5.41) is 0. The second-order valence-electron chi connectivity index (χ2n) is 7.00. The second kappa shape index (κ2) is 7.50. The molecule has 0 N–H and O–H groups in total. The molecule has 1 aliphatic heterocycles. The second-order valence-corrected chi connectivity index (χ2v) is 7.00. The van der Waals surface area contributed by atoms with E-state index in [1.54, 1.807) is 0 Å². The summed E-state index contributed by atoms with van der Waals surface area (Å²) in [6, 6.07) is 14.3. The molecule has 0 amide bonds. The summed E-state index contributed by atoms with van der Waals surface area (Å²) in [6.45, 7) is 3.32. The molecule has 5 rings (SSSR count). The molecule has 4 aromatic rings.